The maximum atomic E-state index is 13.6. The summed E-state index contributed by atoms with van der Waals surface area (Å²) in [6.07, 6.45) is -1.73. The van der Waals surface area contributed by atoms with Crippen molar-refractivity contribution in [3.8, 4) is 11.5 Å². The Kier molecular flexibility index (Phi) is 4.23. The van der Waals surface area contributed by atoms with Crippen LogP contribution in [-0.4, -0.2) is 35.6 Å². The molecule has 1 fully saturated rings. The number of hydrogen-bond acceptors (Lipinski definition) is 3. The number of alkyl halides is 3. The normalized spacial score (nSPS) is 22.3. The zero-order chi connectivity index (χ0) is 17.4. The van der Waals surface area contributed by atoms with E-state index in [2.05, 4.69) is 0 Å². The van der Waals surface area contributed by atoms with Gasteiger partial charge in [0.1, 0.15) is 0 Å². The molecular weight excluding hydrogens is 325 g/mol. The summed E-state index contributed by atoms with van der Waals surface area (Å²) in [7, 11) is 0. The summed E-state index contributed by atoms with van der Waals surface area (Å²) in [6.45, 7) is 2.33. The third-order valence-corrected chi connectivity index (χ3v) is 4.36. The van der Waals surface area contributed by atoms with Gasteiger partial charge >= 0.3 is 18.1 Å². The highest BCUT2D eigenvalue weighted by Crippen LogP contribution is 2.45. The number of carbonyl (C=O) groups excluding carboxylic acids is 1. The molecule has 0 spiro atoms. The lowest BCUT2D eigenvalue weighted by atomic mass is 10.0. The molecule has 2 amide bonds. The Morgan fingerprint density at radius 3 is 2.46 bits per heavy atom. The third kappa shape index (κ3) is 2.85. The molecule has 3 rings (SSSR count). The zero-order valence-corrected chi connectivity index (χ0v) is 13.2. The molecule has 5 nitrogen and oxygen atoms in total. The number of piperidine rings is 1. The Labute approximate surface area is 137 Å². The molecule has 8 heteroatoms. The number of hydrogen-bond donors (Lipinski definition) is 1. The van der Waals surface area contributed by atoms with Crippen molar-refractivity contribution in [1.82, 2.24) is 10.2 Å². The molecule has 2 aliphatic heterocycles. The summed E-state index contributed by atoms with van der Waals surface area (Å²) in [5.74, 6) is -3.30. The van der Waals surface area contributed by atoms with Crippen molar-refractivity contribution in [3.63, 3.8) is 0 Å². The van der Waals surface area contributed by atoms with Crippen LogP contribution < -0.4 is 14.8 Å². The fourth-order valence-electron chi connectivity index (χ4n) is 3.09. The van der Waals surface area contributed by atoms with Gasteiger partial charge in [0.05, 0.1) is 0 Å². The molecule has 0 unspecified atom stereocenters. The number of para-hydroxylation sites is 2. The molecule has 2 heterocycles. The number of urea groups is 1. The van der Waals surface area contributed by atoms with Crippen LogP contribution in [0.1, 0.15) is 32.6 Å². The van der Waals surface area contributed by atoms with Gasteiger partial charge in [-0.05, 0) is 37.8 Å². The van der Waals surface area contributed by atoms with Crippen molar-refractivity contribution in [2.24, 2.45) is 0 Å². The minimum absolute atomic E-state index is 0.0548. The van der Waals surface area contributed by atoms with E-state index >= 15 is 0 Å². The number of nitrogens with one attached hydrogen (secondary N) is 1. The van der Waals surface area contributed by atoms with E-state index in [1.165, 1.54) is 29.2 Å². The van der Waals surface area contributed by atoms with Gasteiger partial charge in [0, 0.05) is 12.6 Å². The first-order chi connectivity index (χ1) is 11.4. The molecule has 0 saturated carbocycles. The molecule has 24 heavy (non-hydrogen) atoms. The molecule has 1 atom stereocenters. The highest BCUT2D eigenvalue weighted by molar-refractivity contribution is 5.75. The minimum atomic E-state index is -4.93. The molecule has 0 aliphatic carbocycles. The van der Waals surface area contributed by atoms with Crippen LogP contribution in [0, 0.1) is 0 Å². The van der Waals surface area contributed by atoms with Crippen molar-refractivity contribution >= 4 is 6.03 Å². The van der Waals surface area contributed by atoms with Gasteiger partial charge in [-0.2, -0.15) is 13.2 Å². The van der Waals surface area contributed by atoms with Crippen LogP contribution in [0.5, 0.6) is 11.5 Å². The Hall–Kier alpha value is -2.12. The molecule has 0 aromatic heterocycles. The second kappa shape index (κ2) is 6.07. The monoisotopic (exact) mass is 344 g/mol. The SMILES string of the molecule is CC[C@@H]1CCCCN1C(=O)NC1(C(F)(F)F)Oc2ccccc2O1. The van der Waals surface area contributed by atoms with Crippen LogP contribution in [0.15, 0.2) is 24.3 Å². The van der Waals surface area contributed by atoms with E-state index in [9.17, 15) is 18.0 Å². The first-order valence-electron chi connectivity index (χ1n) is 7.99. The summed E-state index contributed by atoms with van der Waals surface area (Å²) in [5.41, 5.74) is 0. The lowest BCUT2D eigenvalue weighted by Crippen LogP contribution is -2.67. The first kappa shape index (κ1) is 16.7. The number of amides is 2. The van der Waals surface area contributed by atoms with E-state index in [-0.39, 0.29) is 17.5 Å². The van der Waals surface area contributed by atoms with Crippen LogP contribution in [-0.2, 0) is 0 Å². The van der Waals surface area contributed by atoms with Crippen LogP contribution in [0.4, 0.5) is 18.0 Å². The van der Waals surface area contributed by atoms with Gasteiger partial charge in [0.15, 0.2) is 11.5 Å². The summed E-state index contributed by atoms with van der Waals surface area (Å²) in [5, 5.41) is 1.93. The Morgan fingerprint density at radius 2 is 1.92 bits per heavy atom. The molecule has 1 aromatic carbocycles. The smallest absolute Gasteiger partial charge is 0.424 e. The number of carbonyl (C=O) groups is 1. The Bertz CT molecular complexity index is 596. The van der Waals surface area contributed by atoms with Crippen LogP contribution in [0.25, 0.3) is 0 Å². The van der Waals surface area contributed by atoms with E-state index < -0.39 is 18.1 Å². The predicted molar refractivity (Wildman–Crippen MR) is 79.7 cm³/mol. The first-order valence-corrected chi connectivity index (χ1v) is 7.99. The lowest BCUT2D eigenvalue weighted by Gasteiger charge is -2.38. The summed E-state index contributed by atoms with van der Waals surface area (Å²) < 4.78 is 50.8. The number of ether oxygens (including phenoxy) is 2. The maximum Gasteiger partial charge on any atom is 0.492 e. The zero-order valence-electron chi connectivity index (χ0n) is 13.2. The minimum Gasteiger partial charge on any atom is -0.424 e. The topological polar surface area (TPSA) is 50.8 Å². The van der Waals surface area contributed by atoms with Crippen molar-refractivity contribution in [2.75, 3.05) is 6.54 Å². The van der Waals surface area contributed by atoms with E-state index in [0.29, 0.717) is 13.0 Å². The molecule has 0 bridgehead atoms. The van der Waals surface area contributed by atoms with Crippen LogP contribution in [0.2, 0.25) is 0 Å². The second-order valence-corrected chi connectivity index (χ2v) is 5.95. The summed E-state index contributed by atoms with van der Waals surface area (Å²) in [4.78, 5) is 13.9. The molecule has 2 aliphatic rings. The molecule has 0 radical (unpaired) electrons. The standard InChI is InChI=1S/C16H19F3N2O3/c1-2-11-7-5-6-10-21(11)14(22)20-16(15(17,18)19)23-12-8-3-4-9-13(12)24-16/h3-4,8-9,11H,2,5-7,10H2,1H3,(H,20,22)/t11-/m1/s1. The van der Waals surface area contributed by atoms with Crippen molar-refractivity contribution in [3.05, 3.63) is 24.3 Å². The summed E-state index contributed by atoms with van der Waals surface area (Å²) >= 11 is 0. The predicted octanol–water partition coefficient (Wildman–Crippen LogP) is 3.65. The van der Waals surface area contributed by atoms with Gasteiger partial charge in [-0.3, -0.25) is 5.32 Å². The number of likely N-dealkylation sites (tertiary alicyclic amines) is 1. The molecular formula is C16H19F3N2O3. The van der Waals surface area contributed by atoms with Gasteiger partial charge < -0.3 is 14.4 Å². The van der Waals surface area contributed by atoms with E-state index in [0.717, 1.165) is 19.3 Å². The Balaban J connectivity index is 1.83. The molecule has 1 N–H and O–H groups in total. The van der Waals surface area contributed by atoms with Crippen molar-refractivity contribution in [1.29, 1.82) is 0 Å². The number of halogens is 3. The fourth-order valence-corrected chi connectivity index (χ4v) is 3.09. The van der Waals surface area contributed by atoms with Gasteiger partial charge in [0.25, 0.3) is 0 Å². The third-order valence-electron chi connectivity index (χ3n) is 4.36. The number of rotatable bonds is 2. The molecule has 1 saturated heterocycles. The highest BCUT2D eigenvalue weighted by Gasteiger charge is 2.66. The largest absolute Gasteiger partial charge is 0.492 e. The average molecular weight is 344 g/mol. The second-order valence-electron chi connectivity index (χ2n) is 5.95. The molecule has 1 aromatic rings. The van der Waals surface area contributed by atoms with Crippen LogP contribution >= 0.6 is 0 Å². The van der Waals surface area contributed by atoms with Gasteiger partial charge in [-0.25, -0.2) is 4.79 Å². The Morgan fingerprint density at radius 1 is 1.29 bits per heavy atom. The lowest BCUT2D eigenvalue weighted by molar-refractivity contribution is -0.318. The van der Waals surface area contributed by atoms with Gasteiger partial charge in [-0.1, -0.05) is 19.1 Å². The number of nitrogens with zero attached hydrogens (tertiary/aromatic N) is 1. The fraction of sp³-hybridized carbons (Fsp3) is 0.562. The van der Waals surface area contributed by atoms with Gasteiger partial charge in [-0.15, -0.1) is 0 Å². The van der Waals surface area contributed by atoms with Crippen molar-refractivity contribution < 1.29 is 27.4 Å². The van der Waals surface area contributed by atoms with E-state index in [1.807, 2.05) is 12.2 Å². The van der Waals surface area contributed by atoms with E-state index in [4.69, 9.17) is 9.47 Å². The number of benzene rings is 1. The maximum absolute atomic E-state index is 13.6. The quantitative estimate of drug-likeness (QED) is 0.891. The van der Waals surface area contributed by atoms with Gasteiger partial charge in [0.2, 0.25) is 0 Å². The summed E-state index contributed by atoms with van der Waals surface area (Å²) in [6, 6.07) is 4.90. The van der Waals surface area contributed by atoms with E-state index in [1.54, 1.807) is 0 Å². The number of fused-ring (bicyclic) bond motifs is 1. The van der Waals surface area contributed by atoms with Crippen molar-refractivity contribution in [2.45, 2.75) is 50.7 Å². The highest BCUT2D eigenvalue weighted by atomic mass is 19.4. The average Bonchev–Trinajstić information content (AvgIpc) is 2.93. The van der Waals surface area contributed by atoms with Crippen LogP contribution in [0.3, 0.4) is 0 Å². The molecule has 132 valence electrons.